The van der Waals surface area contributed by atoms with Crippen LogP contribution < -0.4 is 5.73 Å². The van der Waals surface area contributed by atoms with Crippen LogP contribution in [0.4, 0.5) is 5.69 Å². The third-order valence-corrected chi connectivity index (χ3v) is 4.11. The summed E-state index contributed by atoms with van der Waals surface area (Å²) in [6.45, 7) is 0. The molecule has 0 amide bonds. The normalized spacial score (nSPS) is 16.7. The number of nitrogens with two attached hydrogens (primary N) is 1. The summed E-state index contributed by atoms with van der Waals surface area (Å²) in [4.78, 5) is 7.90. The first-order valence-corrected chi connectivity index (χ1v) is 7.04. The van der Waals surface area contributed by atoms with Crippen molar-refractivity contribution in [3.05, 3.63) is 23.0 Å². The largest absolute Gasteiger partial charge is 0.397 e. The van der Waals surface area contributed by atoms with E-state index in [0.29, 0.717) is 10.7 Å². The molecule has 0 radical (unpaired) electrons. The van der Waals surface area contributed by atoms with Crippen LogP contribution in [0.2, 0.25) is 5.02 Å². The molecule has 18 heavy (non-hydrogen) atoms. The quantitative estimate of drug-likeness (QED) is 0.825. The lowest BCUT2D eigenvalue weighted by atomic mass is 10.0. The molecule has 1 saturated carbocycles. The Morgan fingerprint density at radius 3 is 2.89 bits per heavy atom. The molecule has 3 N–H and O–H groups in total. The number of H-pyrrole nitrogens is 1. The zero-order valence-corrected chi connectivity index (χ0v) is 11.1. The molecule has 1 aromatic carbocycles. The van der Waals surface area contributed by atoms with Crippen LogP contribution in [0.3, 0.4) is 0 Å². The Hall–Kier alpha value is -1.22. The number of nitrogens with zero attached hydrogens (tertiary/aromatic N) is 1. The summed E-state index contributed by atoms with van der Waals surface area (Å²) in [6.07, 6.45) is 7.80. The summed E-state index contributed by atoms with van der Waals surface area (Å²) in [5, 5.41) is 0.658. The minimum atomic E-state index is 0.654. The van der Waals surface area contributed by atoms with Crippen LogP contribution in [0.5, 0.6) is 0 Å². The molecule has 3 nitrogen and oxygen atoms in total. The maximum Gasteiger partial charge on any atom is 0.112 e. The first kappa shape index (κ1) is 11.8. The first-order valence-electron chi connectivity index (χ1n) is 6.66. The highest BCUT2D eigenvalue weighted by Crippen LogP contribution is 2.29. The van der Waals surface area contributed by atoms with Gasteiger partial charge in [-0.25, -0.2) is 4.98 Å². The van der Waals surface area contributed by atoms with Gasteiger partial charge in [-0.05, 0) is 24.5 Å². The number of halogens is 1. The van der Waals surface area contributed by atoms with Gasteiger partial charge in [-0.1, -0.05) is 37.3 Å². The van der Waals surface area contributed by atoms with Gasteiger partial charge < -0.3 is 10.7 Å². The molecule has 0 atom stereocenters. The van der Waals surface area contributed by atoms with E-state index in [4.69, 9.17) is 17.3 Å². The second kappa shape index (κ2) is 4.81. The van der Waals surface area contributed by atoms with E-state index >= 15 is 0 Å². The summed E-state index contributed by atoms with van der Waals surface area (Å²) in [6, 6.07) is 3.64. The number of aromatic nitrogens is 2. The number of nitrogen functional groups attached to an aromatic ring is 1. The highest BCUT2D eigenvalue weighted by atomic mass is 35.5. The summed E-state index contributed by atoms with van der Waals surface area (Å²) < 4.78 is 0. The van der Waals surface area contributed by atoms with Crippen molar-refractivity contribution in [2.75, 3.05) is 5.73 Å². The predicted molar refractivity (Wildman–Crippen MR) is 75.8 cm³/mol. The van der Waals surface area contributed by atoms with Crippen molar-refractivity contribution in [2.45, 2.75) is 38.5 Å². The number of aromatic amines is 1. The molecule has 1 aromatic heterocycles. The Morgan fingerprint density at radius 1 is 1.33 bits per heavy atom. The van der Waals surface area contributed by atoms with Gasteiger partial charge in [0.2, 0.25) is 0 Å². The number of anilines is 1. The molecule has 1 fully saturated rings. The molecule has 0 aliphatic heterocycles. The van der Waals surface area contributed by atoms with Crippen molar-refractivity contribution in [2.24, 2.45) is 5.92 Å². The van der Waals surface area contributed by atoms with E-state index in [0.717, 1.165) is 29.2 Å². The highest BCUT2D eigenvalue weighted by molar-refractivity contribution is 6.31. The maximum absolute atomic E-state index is 5.99. The summed E-state index contributed by atoms with van der Waals surface area (Å²) in [5.41, 5.74) is 8.37. The van der Waals surface area contributed by atoms with Crippen molar-refractivity contribution < 1.29 is 0 Å². The Balaban J connectivity index is 1.78. The van der Waals surface area contributed by atoms with E-state index in [1.165, 1.54) is 32.1 Å². The van der Waals surface area contributed by atoms with Crippen LogP contribution in [0.1, 0.15) is 37.9 Å². The van der Waals surface area contributed by atoms with E-state index in [1.807, 2.05) is 6.07 Å². The van der Waals surface area contributed by atoms with E-state index < -0.39 is 0 Å². The molecule has 0 bridgehead atoms. The van der Waals surface area contributed by atoms with Gasteiger partial charge in [0.25, 0.3) is 0 Å². The topological polar surface area (TPSA) is 54.7 Å². The Labute approximate surface area is 112 Å². The van der Waals surface area contributed by atoms with Gasteiger partial charge in [0.1, 0.15) is 11.3 Å². The number of benzene rings is 1. The van der Waals surface area contributed by atoms with Crippen LogP contribution in [0.15, 0.2) is 12.1 Å². The Kier molecular flexibility index (Phi) is 3.16. The fraction of sp³-hybridized carbons (Fsp3) is 0.500. The van der Waals surface area contributed by atoms with Crippen molar-refractivity contribution in [3.63, 3.8) is 0 Å². The lowest BCUT2D eigenvalue weighted by Crippen LogP contribution is -1.97. The van der Waals surface area contributed by atoms with Crippen LogP contribution in [0, 0.1) is 5.92 Å². The fourth-order valence-corrected chi connectivity index (χ4v) is 3.14. The molecule has 0 saturated heterocycles. The highest BCUT2D eigenvalue weighted by Gasteiger charge is 2.15. The third kappa shape index (κ3) is 2.32. The number of fused-ring (bicyclic) bond motifs is 1. The molecule has 1 aliphatic rings. The van der Waals surface area contributed by atoms with Gasteiger partial charge in [-0.2, -0.15) is 0 Å². The SMILES string of the molecule is Nc1cc(Cl)cc2[nH]c(CCC3CCCC3)nc12. The molecule has 2 aromatic rings. The second-order valence-electron chi connectivity index (χ2n) is 5.26. The van der Waals surface area contributed by atoms with Crippen LogP contribution >= 0.6 is 11.6 Å². The van der Waals surface area contributed by atoms with E-state index in [-0.39, 0.29) is 0 Å². The number of rotatable bonds is 3. The number of imidazole rings is 1. The minimum absolute atomic E-state index is 0.654. The van der Waals surface area contributed by atoms with Gasteiger partial charge >= 0.3 is 0 Å². The summed E-state index contributed by atoms with van der Waals surface area (Å²) in [5.74, 6) is 1.92. The average Bonchev–Trinajstić information content (AvgIpc) is 2.93. The third-order valence-electron chi connectivity index (χ3n) is 3.89. The van der Waals surface area contributed by atoms with Gasteiger partial charge in [-0.3, -0.25) is 0 Å². The van der Waals surface area contributed by atoms with Crippen molar-refractivity contribution >= 4 is 28.3 Å². The van der Waals surface area contributed by atoms with Crippen LogP contribution in [-0.4, -0.2) is 9.97 Å². The first-order chi connectivity index (χ1) is 8.72. The van der Waals surface area contributed by atoms with Gasteiger partial charge in [0, 0.05) is 11.4 Å². The van der Waals surface area contributed by atoms with E-state index in [9.17, 15) is 0 Å². The molecule has 1 heterocycles. The summed E-state index contributed by atoms with van der Waals surface area (Å²) >= 11 is 5.99. The molecule has 0 spiro atoms. The molecular weight excluding hydrogens is 246 g/mol. The van der Waals surface area contributed by atoms with Crippen molar-refractivity contribution in [3.8, 4) is 0 Å². The Bertz CT molecular complexity index is 555. The number of hydrogen-bond donors (Lipinski definition) is 2. The molecule has 96 valence electrons. The smallest absolute Gasteiger partial charge is 0.112 e. The molecule has 0 unspecified atom stereocenters. The number of nitrogens with one attached hydrogen (secondary N) is 1. The van der Waals surface area contributed by atoms with Crippen LogP contribution in [0.25, 0.3) is 11.0 Å². The summed E-state index contributed by atoms with van der Waals surface area (Å²) in [7, 11) is 0. The minimum Gasteiger partial charge on any atom is -0.397 e. The fourth-order valence-electron chi connectivity index (χ4n) is 2.92. The predicted octanol–water partition coefficient (Wildman–Crippen LogP) is 3.92. The lowest BCUT2D eigenvalue weighted by Gasteiger charge is -2.05. The molecular formula is C14H18ClN3. The van der Waals surface area contributed by atoms with Gasteiger partial charge in [0.15, 0.2) is 0 Å². The standard InChI is InChI=1S/C14H18ClN3/c15-10-7-11(16)14-12(8-10)17-13(18-14)6-5-9-3-1-2-4-9/h7-9H,1-6,16H2,(H,17,18). The lowest BCUT2D eigenvalue weighted by molar-refractivity contribution is 0.498. The number of hydrogen-bond acceptors (Lipinski definition) is 2. The van der Waals surface area contributed by atoms with Crippen molar-refractivity contribution in [1.82, 2.24) is 9.97 Å². The van der Waals surface area contributed by atoms with E-state index in [2.05, 4.69) is 9.97 Å². The average molecular weight is 264 g/mol. The second-order valence-corrected chi connectivity index (χ2v) is 5.70. The maximum atomic E-state index is 5.99. The van der Waals surface area contributed by atoms with Gasteiger partial charge in [0.05, 0.1) is 11.2 Å². The molecule has 3 rings (SSSR count). The van der Waals surface area contributed by atoms with Crippen LogP contribution in [-0.2, 0) is 6.42 Å². The number of aryl methyl sites for hydroxylation is 1. The molecule has 4 heteroatoms. The van der Waals surface area contributed by atoms with Gasteiger partial charge in [-0.15, -0.1) is 0 Å². The monoisotopic (exact) mass is 263 g/mol. The zero-order valence-electron chi connectivity index (χ0n) is 10.4. The van der Waals surface area contributed by atoms with Crippen molar-refractivity contribution in [1.29, 1.82) is 0 Å². The molecule has 1 aliphatic carbocycles. The zero-order chi connectivity index (χ0) is 12.5. The Morgan fingerprint density at radius 2 is 2.11 bits per heavy atom. The van der Waals surface area contributed by atoms with E-state index in [1.54, 1.807) is 6.07 Å².